The van der Waals surface area contributed by atoms with Crippen LogP contribution in [-0.2, 0) is 0 Å². The minimum Gasteiger partial charge on any atom is -0.295 e. The van der Waals surface area contributed by atoms with E-state index in [0.717, 1.165) is 22.0 Å². The summed E-state index contributed by atoms with van der Waals surface area (Å²) < 4.78 is 1.58. The van der Waals surface area contributed by atoms with E-state index in [1.54, 1.807) is 16.4 Å². The molecule has 3 aromatic rings. The summed E-state index contributed by atoms with van der Waals surface area (Å²) in [7, 11) is 0. The molecule has 2 N–H and O–H groups in total. The molecular formula is C18H16N4OS. The van der Waals surface area contributed by atoms with Crippen molar-refractivity contribution in [1.82, 2.24) is 15.2 Å². The second-order valence-electron chi connectivity index (χ2n) is 5.54. The van der Waals surface area contributed by atoms with Crippen molar-refractivity contribution in [3.05, 3.63) is 87.8 Å². The summed E-state index contributed by atoms with van der Waals surface area (Å²) in [4.78, 5) is 12.8. The molecule has 120 valence electrons. The first kappa shape index (κ1) is 14.8. The van der Waals surface area contributed by atoms with Crippen molar-refractivity contribution in [3.63, 3.8) is 0 Å². The molecule has 0 saturated heterocycles. The van der Waals surface area contributed by atoms with Gasteiger partial charge in [-0.05, 0) is 19.1 Å². The predicted octanol–water partition coefficient (Wildman–Crippen LogP) is 3.17. The molecule has 6 heteroatoms. The maximum atomic E-state index is 12.8. The van der Waals surface area contributed by atoms with Crippen LogP contribution >= 0.6 is 11.8 Å². The second-order valence-corrected chi connectivity index (χ2v) is 6.63. The number of para-hydroxylation sites is 1. The first-order chi connectivity index (χ1) is 11.7. The number of hydrogen-bond donors (Lipinski definition) is 2. The van der Waals surface area contributed by atoms with Crippen LogP contribution in [0.2, 0.25) is 0 Å². The molecule has 0 radical (unpaired) electrons. The van der Waals surface area contributed by atoms with E-state index in [-0.39, 0.29) is 10.9 Å². The van der Waals surface area contributed by atoms with Gasteiger partial charge in [0.15, 0.2) is 0 Å². The molecule has 4 rings (SSSR count). The van der Waals surface area contributed by atoms with Gasteiger partial charge < -0.3 is 0 Å². The maximum Gasteiger partial charge on any atom is 0.277 e. The summed E-state index contributed by atoms with van der Waals surface area (Å²) in [5.74, 6) is 0. The maximum absolute atomic E-state index is 12.8. The quantitative estimate of drug-likeness (QED) is 0.772. The van der Waals surface area contributed by atoms with Gasteiger partial charge in [-0.25, -0.2) is 4.68 Å². The zero-order valence-electron chi connectivity index (χ0n) is 13.1. The van der Waals surface area contributed by atoms with Crippen LogP contribution in [0.25, 0.3) is 5.69 Å². The lowest BCUT2D eigenvalue weighted by molar-refractivity contribution is 0.734. The Bertz CT molecular complexity index is 944. The zero-order chi connectivity index (χ0) is 16.5. The number of nitrogens with zero attached hydrogens (tertiary/aromatic N) is 2. The normalized spacial score (nSPS) is 16.7. The lowest BCUT2D eigenvalue weighted by Gasteiger charge is -2.06. The standard InChI is InChI=1S/C18H16N4OS/c1-12-15(18(23)22(21-12)14-10-6-3-7-11-14)17-20-19-16(24-17)13-8-4-2-5-9-13/h2-11,17,20-21H,1H3. The van der Waals surface area contributed by atoms with Crippen molar-refractivity contribution < 1.29 is 0 Å². The number of thioether (sulfide) groups is 1. The van der Waals surface area contributed by atoms with E-state index < -0.39 is 0 Å². The number of benzene rings is 2. The Morgan fingerprint density at radius 2 is 1.71 bits per heavy atom. The molecule has 2 heterocycles. The van der Waals surface area contributed by atoms with E-state index in [2.05, 4.69) is 15.6 Å². The number of aromatic nitrogens is 2. The Labute approximate surface area is 143 Å². The molecule has 1 aliphatic rings. The van der Waals surface area contributed by atoms with Crippen LogP contribution in [0.4, 0.5) is 0 Å². The summed E-state index contributed by atoms with van der Waals surface area (Å²) in [6.07, 6.45) is 0. The molecule has 1 unspecified atom stereocenters. The zero-order valence-corrected chi connectivity index (χ0v) is 13.9. The number of nitrogens with one attached hydrogen (secondary N) is 2. The molecule has 0 spiro atoms. The topological polar surface area (TPSA) is 62.2 Å². The summed E-state index contributed by atoms with van der Waals surface area (Å²) in [6, 6.07) is 19.5. The fraction of sp³-hybridized carbons (Fsp3) is 0.111. The highest BCUT2D eigenvalue weighted by molar-refractivity contribution is 8.14. The molecule has 1 aromatic heterocycles. The molecule has 0 amide bonds. The fourth-order valence-electron chi connectivity index (χ4n) is 2.75. The third-order valence-electron chi connectivity index (χ3n) is 3.93. The van der Waals surface area contributed by atoms with Crippen molar-refractivity contribution >= 4 is 16.8 Å². The number of aromatic amines is 1. The Morgan fingerprint density at radius 1 is 1.04 bits per heavy atom. The van der Waals surface area contributed by atoms with E-state index in [1.165, 1.54) is 0 Å². The van der Waals surface area contributed by atoms with Crippen molar-refractivity contribution in [2.24, 2.45) is 5.10 Å². The molecule has 0 bridgehead atoms. The van der Waals surface area contributed by atoms with Crippen LogP contribution in [0.3, 0.4) is 0 Å². The second kappa shape index (κ2) is 6.05. The first-order valence-corrected chi connectivity index (χ1v) is 8.54. The lowest BCUT2D eigenvalue weighted by Crippen LogP contribution is -2.21. The summed E-state index contributed by atoms with van der Waals surface area (Å²) in [5.41, 5.74) is 6.46. The van der Waals surface area contributed by atoms with E-state index >= 15 is 0 Å². The molecule has 0 saturated carbocycles. The number of rotatable bonds is 3. The largest absolute Gasteiger partial charge is 0.295 e. The Hall–Kier alpha value is -2.73. The van der Waals surface area contributed by atoms with Crippen molar-refractivity contribution in [2.45, 2.75) is 12.3 Å². The smallest absolute Gasteiger partial charge is 0.277 e. The van der Waals surface area contributed by atoms with Gasteiger partial charge in [0.2, 0.25) is 0 Å². The van der Waals surface area contributed by atoms with Crippen LogP contribution in [0.5, 0.6) is 0 Å². The molecular weight excluding hydrogens is 320 g/mol. The van der Waals surface area contributed by atoms with Crippen LogP contribution < -0.4 is 11.0 Å². The first-order valence-electron chi connectivity index (χ1n) is 7.66. The van der Waals surface area contributed by atoms with Gasteiger partial charge in [-0.15, -0.1) is 0 Å². The Kier molecular flexibility index (Phi) is 3.74. The number of hydrogen-bond acceptors (Lipinski definition) is 4. The van der Waals surface area contributed by atoms with Gasteiger partial charge in [0.25, 0.3) is 5.56 Å². The van der Waals surface area contributed by atoms with Gasteiger partial charge in [0.05, 0.1) is 11.3 Å². The molecule has 5 nitrogen and oxygen atoms in total. The number of H-pyrrole nitrogens is 1. The monoisotopic (exact) mass is 336 g/mol. The van der Waals surface area contributed by atoms with Crippen LogP contribution in [0, 0.1) is 6.92 Å². The highest BCUT2D eigenvalue weighted by atomic mass is 32.2. The predicted molar refractivity (Wildman–Crippen MR) is 97.6 cm³/mol. The molecule has 0 aliphatic carbocycles. The highest BCUT2D eigenvalue weighted by Gasteiger charge is 2.28. The van der Waals surface area contributed by atoms with Crippen molar-refractivity contribution in [3.8, 4) is 5.69 Å². The van der Waals surface area contributed by atoms with Gasteiger partial charge in [-0.3, -0.25) is 15.3 Å². The summed E-state index contributed by atoms with van der Waals surface area (Å²) >= 11 is 1.56. The van der Waals surface area contributed by atoms with Gasteiger partial charge in [-0.1, -0.05) is 60.3 Å². The van der Waals surface area contributed by atoms with Gasteiger partial charge >= 0.3 is 0 Å². The fourth-order valence-corrected chi connectivity index (χ4v) is 3.85. The number of hydrazone groups is 1. The van der Waals surface area contributed by atoms with E-state index in [4.69, 9.17) is 0 Å². The minimum absolute atomic E-state index is 0.0480. The summed E-state index contributed by atoms with van der Waals surface area (Å²) in [5, 5.41) is 8.27. The van der Waals surface area contributed by atoms with Crippen molar-refractivity contribution in [1.29, 1.82) is 0 Å². The van der Waals surface area contributed by atoms with Gasteiger partial charge in [-0.2, -0.15) is 5.10 Å². The van der Waals surface area contributed by atoms with Crippen LogP contribution in [0.1, 0.15) is 22.2 Å². The average Bonchev–Trinajstić information content (AvgIpc) is 3.21. The van der Waals surface area contributed by atoms with Crippen molar-refractivity contribution in [2.75, 3.05) is 0 Å². The van der Waals surface area contributed by atoms with Crippen LogP contribution in [-0.4, -0.2) is 14.8 Å². The van der Waals surface area contributed by atoms with Gasteiger partial charge in [0, 0.05) is 11.3 Å². The Morgan fingerprint density at radius 3 is 2.42 bits per heavy atom. The molecule has 0 fully saturated rings. The molecule has 24 heavy (non-hydrogen) atoms. The highest BCUT2D eigenvalue weighted by Crippen LogP contribution is 2.33. The SMILES string of the molecule is Cc1[nH]n(-c2ccccc2)c(=O)c1C1NN=C(c2ccccc2)S1. The molecule has 1 aliphatic heterocycles. The third kappa shape index (κ3) is 2.55. The van der Waals surface area contributed by atoms with E-state index in [1.807, 2.05) is 67.6 Å². The molecule has 1 atom stereocenters. The van der Waals surface area contributed by atoms with E-state index in [9.17, 15) is 4.79 Å². The van der Waals surface area contributed by atoms with E-state index in [0.29, 0.717) is 5.56 Å². The third-order valence-corrected chi connectivity index (χ3v) is 5.05. The van der Waals surface area contributed by atoms with Gasteiger partial charge in [0.1, 0.15) is 10.4 Å². The number of aryl methyl sites for hydroxylation is 1. The molecule has 2 aromatic carbocycles. The lowest BCUT2D eigenvalue weighted by atomic mass is 10.2. The van der Waals surface area contributed by atoms with Crippen LogP contribution in [0.15, 0.2) is 70.6 Å². The summed E-state index contributed by atoms with van der Waals surface area (Å²) in [6.45, 7) is 1.92. The minimum atomic E-state index is -0.186. The Balaban J connectivity index is 1.65. The average molecular weight is 336 g/mol.